The zero-order chi connectivity index (χ0) is 9.84. The molecule has 0 bridgehead atoms. The number of methoxy groups -OCH3 is 1. The number of phenols is 1. The Labute approximate surface area is 86.4 Å². The maximum Gasteiger partial charge on any atom is 0.160 e. The van der Waals surface area contributed by atoms with E-state index in [0.717, 1.165) is 5.56 Å². The number of hydrogen-bond donors (Lipinski definition) is 1. The number of rotatable bonds is 2. The van der Waals surface area contributed by atoms with Gasteiger partial charge in [0.2, 0.25) is 0 Å². The summed E-state index contributed by atoms with van der Waals surface area (Å²) in [4.78, 5) is 0. The van der Waals surface area contributed by atoms with Crippen molar-refractivity contribution in [3.8, 4) is 11.5 Å². The molecule has 0 atom stereocenters. The number of phenolic OH excluding ortho intramolecular Hbond substituents is 1. The minimum Gasteiger partial charge on any atom is -0.504 e. The lowest BCUT2D eigenvalue weighted by Crippen LogP contribution is -1.83. The number of halogens is 2. The minimum absolute atomic E-state index is 0.0610. The third-order valence-electron chi connectivity index (χ3n) is 1.48. The highest BCUT2D eigenvalue weighted by Gasteiger charge is 2.00. The number of ether oxygens (including phenoxy) is 1. The van der Waals surface area contributed by atoms with Crippen molar-refractivity contribution < 1.29 is 9.84 Å². The smallest absolute Gasteiger partial charge is 0.160 e. The predicted molar refractivity (Wildman–Crippen MR) is 54.3 cm³/mol. The first-order valence-corrected chi connectivity index (χ1v) is 4.29. The molecule has 0 aromatic heterocycles. The van der Waals surface area contributed by atoms with Crippen molar-refractivity contribution in [3.05, 3.63) is 28.3 Å². The Morgan fingerprint density at radius 3 is 2.62 bits per heavy atom. The monoisotopic (exact) mass is 218 g/mol. The van der Waals surface area contributed by atoms with Crippen LogP contribution in [0, 0.1) is 0 Å². The van der Waals surface area contributed by atoms with Crippen molar-refractivity contribution in [2.75, 3.05) is 7.11 Å². The summed E-state index contributed by atoms with van der Waals surface area (Å²) in [5.74, 6) is 0.480. The van der Waals surface area contributed by atoms with Crippen LogP contribution in [0.15, 0.2) is 22.7 Å². The highest BCUT2D eigenvalue weighted by atomic mass is 35.5. The lowest BCUT2D eigenvalue weighted by molar-refractivity contribution is 0.373. The Bertz CT molecular complexity index is 330. The van der Waals surface area contributed by atoms with E-state index >= 15 is 0 Å². The largest absolute Gasteiger partial charge is 0.504 e. The second-order valence-electron chi connectivity index (χ2n) is 2.37. The molecule has 0 aliphatic rings. The van der Waals surface area contributed by atoms with Gasteiger partial charge in [-0.05, 0) is 23.8 Å². The molecule has 1 N–H and O–H groups in total. The first-order chi connectivity index (χ1) is 6.13. The molecule has 0 heterocycles. The Morgan fingerprint density at radius 2 is 2.15 bits per heavy atom. The zero-order valence-corrected chi connectivity index (χ0v) is 8.43. The lowest BCUT2D eigenvalue weighted by Gasteiger charge is -2.02. The number of benzene rings is 1. The summed E-state index contributed by atoms with van der Waals surface area (Å²) in [7, 11) is 1.49. The van der Waals surface area contributed by atoms with Crippen molar-refractivity contribution >= 4 is 29.3 Å². The van der Waals surface area contributed by atoms with Gasteiger partial charge in [0, 0.05) is 0 Å². The van der Waals surface area contributed by atoms with Crippen LogP contribution in [0.3, 0.4) is 0 Å². The van der Waals surface area contributed by atoms with Gasteiger partial charge in [-0.3, -0.25) is 0 Å². The normalized spacial score (nSPS) is 9.46. The van der Waals surface area contributed by atoms with Crippen LogP contribution in [-0.2, 0) is 0 Å². The van der Waals surface area contributed by atoms with Crippen LogP contribution in [0.4, 0.5) is 0 Å². The fourth-order valence-corrected chi connectivity index (χ4v) is 1.17. The molecule has 1 aromatic rings. The molecule has 1 rings (SSSR count). The van der Waals surface area contributed by atoms with Crippen LogP contribution in [0.25, 0.3) is 6.08 Å². The molecule has 0 radical (unpaired) electrons. The van der Waals surface area contributed by atoms with Gasteiger partial charge >= 0.3 is 0 Å². The maximum atomic E-state index is 9.36. The highest BCUT2D eigenvalue weighted by Crippen LogP contribution is 2.27. The van der Waals surface area contributed by atoms with Crippen LogP contribution in [-0.4, -0.2) is 12.2 Å². The third-order valence-corrected chi connectivity index (χ3v) is 1.70. The van der Waals surface area contributed by atoms with Gasteiger partial charge in [0.05, 0.1) is 7.11 Å². The average molecular weight is 219 g/mol. The van der Waals surface area contributed by atoms with E-state index in [1.54, 1.807) is 12.1 Å². The van der Waals surface area contributed by atoms with E-state index in [9.17, 15) is 5.11 Å². The van der Waals surface area contributed by atoms with E-state index in [-0.39, 0.29) is 10.2 Å². The average Bonchev–Trinajstić information content (AvgIpc) is 2.03. The summed E-state index contributed by atoms with van der Waals surface area (Å²) in [6, 6.07) is 4.89. The second-order valence-corrected chi connectivity index (χ2v) is 3.37. The van der Waals surface area contributed by atoms with Crippen molar-refractivity contribution in [3.63, 3.8) is 0 Å². The lowest BCUT2D eigenvalue weighted by atomic mass is 10.2. The Kier molecular flexibility index (Phi) is 3.46. The van der Waals surface area contributed by atoms with Gasteiger partial charge in [-0.15, -0.1) is 0 Å². The van der Waals surface area contributed by atoms with Gasteiger partial charge in [0.25, 0.3) is 0 Å². The van der Waals surface area contributed by atoms with Gasteiger partial charge in [-0.2, -0.15) is 0 Å². The van der Waals surface area contributed by atoms with Crippen molar-refractivity contribution in [2.24, 2.45) is 0 Å². The predicted octanol–water partition coefficient (Wildman–Crippen LogP) is 3.18. The van der Waals surface area contributed by atoms with Gasteiger partial charge in [0.1, 0.15) is 4.49 Å². The summed E-state index contributed by atoms with van der Waals surface area (Å²) in [6.45, 7) is 0. The molecule has 0 saturated carbocycles. The Morgan fingerprint density at radius 1 is 1.46 bits per heavy atom. The molecule has 0 fully saturated rings. The number of aromatic hydroxyl groups is 1. The molecule has 0 aliphatic heterocycles. The third kappa shape index (κ3) is 2.83. The highest BCUT2D eigenvalue weighted by molar-refractivity contribution is 6.57. The molecule has 0 unspecified atom stereocenters. The molecule has 0 spiro atoms. The minimum atomic E-state index is 0.0610. The summed E-state index contributed by atoms with van der Waals surface area (Å²) in [5, 5.41) is 9.36. The summed E-state index contributed by atoms with van der Waals surface area (Å²) < 4.78 is 5.01. The zero-order valence-electron chi connectivity index (χ0n) is 6.92. The van der Waals surface area contributed by atoms with E-state index in [1.807, 2.05) is 0 Å². The molecule has 4 heteroatoms. The van der Waals surface area contributed by atoms with Crippen LogP contribution in [0.2, 0.25) is 0 Å². The summed E-state index contributed by atoms with van der Waals surface area (Å²) in [5.41, 5.74) is 0.721. The van der Waals surface area contributed by atoms with Crippen LogP contribution >= 0.6 is 23.2 Å². The molecular formula is C9H8Cl2O2. The Balaban J connectivity index is 3.03. The van der Waals surface area contributed by atoms with E-state index in [2.05, 4.69) is 0 Å². The quantitative estimate of drug-likeness (QED) is 0.827. The maximum absolute atomic E-state index is 9.36. The molecule has 13 heavy (non-hydrogen) atoms. The fourth-order valence-electron chi connectivity index (χ4n) is 0.923. The number of hydrogen-bond acceptors (Lipinski definition) is 2. The molecule has 1 aromatic carbocycles. The topological polar surface area (TPSA) is 29.5 Å². The molecule has 0 amide bonds. The van der Waals surface area contributed by atoms with Crippen molar-refractivity contribution in [1.29, 1.82) is 0 Å². The van der Waals surface area contributed by atoms with Crippen molar-refractivity contribution in [2.45, 2.75) is 0 Å². The summed E-state index contributed by atoms with van der Waals surface area (Å²) >= 11 is 10.9. The molecule has 0 aliphatic carbocycles. The van der Waals surface area contributed by atoms with Gasteiger partial charge in [-0.25, -0.2) is 0 Å². The Hall–Kier alpha value is -0.860. The summed E-state index contributed by atoms with van der Waals surface area (Å²) in [6.07, 6.45) is 1.53. The van der Waals surface area contributed by atoms with Gasteiger partial charge < -0.3 is 9.84 Å². The van der Waals surface area contributed by atoms with E-state index in [4.69, 9.17) is 27.9 Å². The standard InChI is InChI=1S/C9H8Cl2O2/c1-13-8-3-2-6(4-7(8)12)5-9(10)11/h2-5,12H,1H3. The van der Waals surface area contributed by atoms with E-state index in [0.29, 0.717) is 5.75 Å². The van der Waals surface area contributed by atoms with Gasteiger partial charge in [-0.1, -0.05) is 29.3 Å². The fraction of sp³-hybridized carbons (Fsp3) is 0.111. The second kappa shape index (κ2) is 4.40. The van der Waals surface area contributed by atoms with Crippen molar-refractivity contribution in [1.82, 2.24) is 0 Å². The van der Waals surface area contributed by atoms with Gasteiger partial charge in [0.15, 0.2) is 11.5 Å². The molecule has 70 valence electrons. The first kappa shape index (κ1) is 10.2. The molecular weight excluding hydrogens is 211 g/mol. The van der Waals surface area contributed by atoms with E-state index < -0.39 is 0 Å². The first-order valence-electron chi connectivity index (χ1n) is 3.53. The molecule has 2 nitrogen and oxygen atoms in total. The van der Waals surface area contributed by atoms with Crippen LogP contribution in [0.5, 0.6) is 11.5 Å². The van der Waals surface area contributed by atoms with Crippen LogP contribution in [0.1, 0.15) is 5.56 Å². The molecule has 0 saturated heterocycles. The van der Waals surface area contributed by atoms with E-state index in [1.165, 1.54) is 19.3 Å². The van der Waals surface area contributed by atoms with Crippen LogP contribution < -0.4 is 4.74 Å². The SMILES string of the molecule is COc1ccc(C=C(Cl)Cl)cc1O.